The molecule has 0 radical (unpaired) electrons. The molecule has 0 aliphatic rings. The zero-order chi connectivity index (χ0) is 16.4. The number of carboxylic acid groups (broad SMARTS) is 1. The number of hydrogen-bond donors (Lipinski definition) is 3. The predicted octanol–water partition coefficient (Wildman–Crippen LogP) is 0.711. The van der Waals surface area contributed by atoms with Gasteiger partial charge in [-0.15, -0.1) is 0 Å². The van der Waals surface area contributed by atoms with E-state index in [4.69, 9.17) is 9.84 Å². The molecule has 0 amide bonds. The molecule has 0 aliphatic carbocycles. The minimum atomic E-state index is -4.27. The summed E-state index contributed by atoms with van der Waals surface area (Å²) in [4.78, 5) is 10.2. The van der Waals surface area contributed by atoms with Crippen molar-refractivity contribution in [2.24, 2.45) is 0 Å². The molecular weight excluding hydrogens is 373 g/mol. The summed E-state index contributed by atoms with van der Waals surface area (Å²) < 4.78 is 44.4. The minimum absolute atomic E-state index is 0.0100. The summed E-state index contributed by atoms with van der Waals surface area (Å²) in [6, 6.07) is 1.85. The quantitative estimate of drug-likeness (QED) is 0.664. The van der Waals surface area contributed by atoms with Gasteiger partial charge in [0, 0.05) is 0 Å². The van der Waals surface area contributed by atoms with Crippen LogP contribution in [0.4, 0.5) is 4.39 Å². The Morgan fingerprint density at radius 2 is 2.10 bits per heavy atom. The van der Waals surface area contributed by atoms with Crippen LogP contribution in [0.15, 0.2) is 21.5 Å². The highest BCUT2D eigenvalue weighted by Crippen LogP contribution is 2.29. The Kier molecular flexibility index (Phi) is 5.31. The summed E-state index contributed by atoms with van der Waals surface area (Å²) in [7, 11) is -3.07. The molecule has 0 bridgehead atoms. The lowest BCUT2D eigenvalue weighted by Gasteiger charge is -2.19. The SMILES string of the molecule is COc1cc(Br)c(F)cc1S(=O)(=O)NCC(C)(O)C(=O)O. The monoisotopic (exact) mass is 385 g/mol. The van der Waals surface area contributed by atoms with Crippen LogP contribution in [0.5, 0.6) is 5.75 Å². The van der Waals surface area contributed by atoms with Crippen LogP contribution in [0, 0.1) is 5.82 Å². The average molecular weight is 386 g/mol. The van der Waals surface area contributed by atoms with Crippen molar-refractivity contribution in [3.63, 3.8) is 0 Å². The molecule has 3 N–H and O–H groups in total. The fraction of sp³-hybridized carbons (Fsp3) is 0.364. The molecule has 7 nitrogen and oxygen atoms in total. The second-order valence-electron chi connectivity index (χ2n) is 4.32. The lowest BCUT2D eigenvalue weighted by atomic mass is 10.1. The number of carbonyl (C=O) groups is 1. The van der Waals surface area contributed by atoms with E-state index in [0.29, 0.717) is 0 Å². The van der Waals surface area contributed by atoms with Crippen molar-refractivity contribution in [3.8, 4) is 5.75 Å². The summed E-state index contributed by atoms with van der Waals surface area (Å²) >= 11 is 2.89. The van der Waals surface area contributed by atoms with Crippen LogP contribution in [0.1, 0.15) is 6.92 Å². The number of hydrogen-bond acceptors (Lipinski definition) is 5. The molecule has 0 saturated carbocycles. The molecule has 0 spiro atoms. The van der Waals surface area contributed by atoms with Crippen LogP contribution in [0.2, 0.25) is 0 Å². The van der Waals surface area contributed by atoms with Gasteiger partial charge in [-0.2, -0.15) is 0 Å². The summed E-state index contributed by atoms with van der Waals surface area (Å²) in [6.07, 6.45) is 0. The second-order valence-corrected chi connectivity index (χ2v) is 6.91. The lowest BCUT2D eigenvalue weighted by molar-refractivity contribution is -0.155. The molecule has 0 fully saturated rings. The van der Waals surface area contributed by atoms with Crippen LogP contribution < -0.4 is 9.46 Å². The molecule has 1 rings (SSSR count). The number of aliphatic carboxylic acids is 1. The predicted molar refractivity (Wildman–Crippen MR) is 74.1 cm³/mol. The van der Waals surface area contributed by atoms with Gasteiger partial charge in [-0.25, -0.2) is 22.3 Å². The van der Waals surface area contributed by atoms with E-state index >= 15 is 0 Å². The first kappa shape index (κ1) is 17.8. The summed E-state index contributed by atoms with van der Waals surface area (Å²) in [5.41, 5.74) is -2.30. The van der Waals surface area contributed by atoms with Crippen LogP contribution in [0.25, 0.3) is 0 Å². The molecule has 1 aromatic rings. The van der Waals surface area contributed by atoms with E-state index in [1.165, 1.54) is 7.11 Å². The summed E-state index contributed by atoms with van der Waals surface area (Å²) in [5, 5.41) is 18.2. The second kappa shape index (κ2) is 6.26. The number of sulfonamides is 1. The van der Waals surface area contributed by atoms with Gasteiger partial charge in [0.15, 0.2) is 5.60 Å². The van der Waals surface area contributed by atoms with Gasteiger partial charge in [0.2, 0.25) is 10.0 Å². The van der Waals surface area contributed by atoms with Crippen LogP contribution >= 0.6 is 15.9 Å². The van der Waals surface area contributed by atoms with Gasteiger partial charge in [-0.05, 0) is 35.0 Å². The molecule has 0 aromatic heterocycles. The lowest BCUT2D eigenvalue weighted by Crippen LogP contribution is -2.46. The maximum absolute atomic E-state index is 13.5. The zero-order valence-electron chi connectivity index (χ0n) is 11.1. The van der Waals surface area contributed by atoms with Crippen molar-refractivity contribution in [1.29, 1.82) is 0 Å². The van der Waals surface area contributed by atoms with E-state index in [1.54, 1.807) is 0 Å². The first-order chi connectivity index (χ1) is 9.51. The number of benzene rings is 1. The van der Waals surface area contributed by atoms with Crippen LogP contribution in [-0.2, 0) is 14.8 Å². The van der Waals surface area contributed by atoms with Crippen molar-refractivity contribution < 1.29 is 32.6 Å². The van der Waals surface area contributed by atoms with E-state index in [-0.39, 0.29) is 10.2 Å². The molecule has 21 heavy (non-hydrogen) atoms. The standard InChI is InChI=1S/C11H13BrFNO6S/c1-11(17,10(15)16)5-14-21(18,19)9-4-7(13)6(12)3-8(9)20-2/h3-4,14,17H,5H2,1-2H3,(H,15,16). The van der Waals surface area contributed by atoms with Gasteiger partial charge in [0.05, 0.1) is 18.1 Å². The largest absolute Gasteiger partial charge is 0.495 e. The van der Waals surface area contributed by atoms with Gasteiger partial charge < -0.3 is 14.9 Å². The Hall–Kier alpha value is -1.23. The van der Waals surface area contributed by atoms with Crippen molar-refractivity contribution >= 4 is 31.9 Å². The van der Waals surface area contributed by atoms with Gasteiger partial charge in [-0.3, -0.25) is 0 Å². The number of methoxy groups -OCH3 is 1. The molecule has 0 heterocycles. The van der Waals surface area contributed by atoms with E-state index in [1.807, 2.05) is 4.72 Å². The number of carboxylic acids is 1. The van der Waals surface area contributed by atoms with Gasteiger partial charge in [0.1, 0.15) is 16.5 Å². The van der Waals surface area contributed by atoms with Crippen LogP contribution in [-0.4, -0.2) is 43.9 Å². The molecule has 1 atom stereocenters. The smallest absolute Gasteiger partial charge is 0.336 e. The normalized spacial score (nSPS) is 14.5. The molecule has 0 aliphatic heterocycles. The summed E-state index contributed by atoms with van der Waals surface area (Å²) in [5.74, 6) is -2.56. The third-order valence-corrected chi connectivity index (χ3v) is 4.59. The fourth-order valence-electron chi connectivity index (χ4n) is 1.27. The van der Waals surface area contributed by atoms with Gasteiger partial charge in [0.25, 0.3) is 0 Å². The van der Waals surface area contributed by atoms with E-state index in [0.717, 1.165) is 19.1 Å². The minimum Gasteiger partial charge on any atom is -0.495 e. The van der Waals surface area contributed by atoms with Gasteiger partial charge in [-0.1, -0.05) is 0 Å². The first-order valence-electron chi connectivity index (χ1n) is 5.50. The average Bonchev–Trinajstić information content (AvgIpc) is 2.39. The molecule has 1 unspecified atom stereocenters. The van der Waals surface area contributed by atoms with E-state index in [9.17, 15) is 22.7 Å². The highest BCUT2D eigenvalue weighted by atomic mass is 79.9. The number of ether oxygens (including phenoxy) is 1. The van der Waals surface area contributed by atoms with Crippen molar-refractivity contribution in [3.05, 3.63) is 22.4 Å². The zero-order valence-corrected chi connectivity index (χ0v) is 13.5. The Bertz CT molecular complexity index is 661. The van der Waals surface area contributed by atoms with Crippen molar-refractivity contribution in [1.82, 2.24) is 4.72 Å². The molecule has 118 valence electrons. The Morgan fingerprint density at radius 1 is 1.52 bits per heavy atom. The Labute approximate surface area is 128 Å². The topological polar surface area (TPSA) is 113 Å². The molecule has 0 saturated heterocycles. The third-order valence-electron chi connectivity index (χ3n) is 2.56. The number of rotatable bonds is 6. The fourth-order valence-corrected chi connectivity index (χ4v) is 2.88. The van der Waals surface area contributed by atoms with Crippen molar-refractivity contribution in [2.45, 2.75) is 17.4 Å². The van der Waals surface area contributed by atoms with Crippen molar-refractivity contribution in [2.75, 3.05) is 13.7 Å². The Balaban J connectivity index is 3.15. The maximum atomic E-state index is 13.5. The third kappa shape index (κ3) is 4.13. The number of nitrogens with one attached hydrogen (secondary N) is 1. The summed E-state index contributed by atoms with van der Waals surface area (Å²) in [6.45, 7) is 0.142. The first-order valence-corrected chi connectivity index (χ1v) is 7.77. The number of halogens is 2. The van der Waals surface area contributed by atoms with Gasteiger partial charge >= 0.3 is 5.97 Å². The molecule has 10 heteroatoms. The van der Waals surface area contributed by atoms with E-state index < -0.39 is 38.9 Å². The highest BCUT2D eigenvalue weighted by molar-refractivity contribution is 9.10. The Morgan fingerprint density at radius 3 is 2.57 bits per heavy atom. The molecular formula is C11H13BrFNO6S. The number of aliphatic hydroxyl groups is 1. The highest BCUT2D eigenvalue weighted by Gasteiger charge is 2.32. The maximum Gasteiger partial charge on any atom is 0.336 e. The van der Waals surface area contributed by atoms with E-state index in [2.05, 4.69) is 15.9 Å². The molecule has 1 aromatic carbocycles. The van der Waals surface area contributed by atoms with Crippen LogP contribution in [0.3, 0.4) is 0 Å².